The lowest BCUT2D eigenvalue weighted by Crippen LogP contribution is -2.42. The molecule has 1 saturated heterocycles. The lowest BCUT2D eigenvalue weighted by atomic mass is 10.1. The van der Waals surface area contributed by atoms with E-state index in [0.29, 0.717) is 30.3 Å². The fourth-order valence-electron chi connectivity index (χ4n) is 3.54. The van der Waals surface area contributed by atoms with Gasteiger partial charge in [-0.05, 0) is 42.7 Å². The number of rotatable bonds is 6. The molecule has 1 unspecified atom stereocenters. The summed E-state index contributed by atoms with van der Waals surface area (Å²) in [6, 6.07) is 15.1. The van der Waals surface area contributed by atoms with Gasteiger partial charge in [-0.1, -0.05) is 35.5 Å². The molecule has 1 fully saturated rings. The molecule has 1 atom stereocenters. The van der Waals surface area contributed by atoms with Crippen LogP contribution < -0.4 is 5.32 Å². The Morgan fingerprint density at radius 2 is 2.00 bits per heavy atom. The monoisotopic (exact) mass is 393 g/mol. The average molecular weight is 393 g/mol. The zero-order valence-corrected chi connectivity index (χ0v) is 16.3. The average Bonchev–Trinajstić information content (AvgIpc) is 3.38. The van der Waals surface area contributed by atoms with Crippen molar-refractivity contribution in [1.29, 1.82) is 0 Å². The van der Waals surface area contributed by atoms with E-state index in [0.717, 1.165) is 23.6 Å². The van der Waals surface area contributed by atoms with E-state index in [2.05, 4.69) is 10.5 Å². The predicted molar refractivity (Wildman–Crippen MR) is 109 cm³/mol. The number of hydrogen-bond donors (Lipinski definition) is 1. The van der Waals surface area contributed by atoms with Gasteiger partial charge in [0.25, 0.3) is 5.91 Å². The van der Waals surface area contributed by atoms with Crippen molar-refractivity contribution in [2.24, 2.45) is 0 Å². The van der Waals surface area contributed by atoms with Crippen molar-refractivity contribution >= 4 is 28.4 Å². The van der Waals surface area contributed by atoms with Gasteiger partial charge in [-0.3, -0.25) is 9.59 Å². The molecule has 2 amide bonds. The van der Waals surface area contributed by atoms with E-state index in [1.165, 1.54) is 0 Å². The largest absolute Gasteiger partial charge is 0.376 e. The topological polar surface area (TPSA) is 84.7 Å². The second-order valence-electron chi connectivity index (χ2n) is 7.25. The number of fused-ring (bicyclic) bond motifs is 1. The number of carbonyl (C=O) groups excluding carboxylic acids is 2. The quantitative estimate of drug-likeness (QED) is 0.694. The number of benzene rings is 2. The third-order valence-corrected chi connectivity index (χ3v) is 4.96. The Kier molecular flexibility index (Phi) is 5.57. The second-order valence-corrected chi connectivity index (χ2v) is 7.25. The molecule has 7 heteroatoms. The number of amides is 2. The van der Waals surface area contributed by atoms with Crippen molar-refractivity contribution in [3.63, 3.8) is 0 Å². The zero-order valence-electron chi connectivity index (χ0n) is 16.3. The SMILES string of the molecule is Cc1cc(NC(=O)CN(CC2CCCO2)C(=O)c2ccc3ccccc3c2)no1. The van der Waals surface area contributed by atoms with Gasteiger partial charge < -0.3 is 19.5 Å². The first kappa shape index (κ1) is 19.1. The fraction of sp³-hybridized carbons (Fsp3) is 0.318. The first-order valence-electron chi connectivity index (χ1n) is 9.71. The van der Waals surface area contributed by atoms with Crippen LogP contribution in [0.15, 0.2) is 53.1 Å². The Morgan fingerprint density at radius 1 is 1.17 bits per heavy atom. The predicted octanol–water partition coefficient (Wildman–Crippen LogP) is 3.40. The fourth-order valence-corrected chi connectivity index (χ4v) is 3.54. The summed E-state index contributed by atoms with van der Waals surface area (Å²) in [6.45, 7) is 2.72. The molecule has 7 nitrogen and oxygen atoms in total. The van der Waals surface area contributed by atoms with Crippen LogP contribution in [0.5, 0.6) is 0 Å². The summed E-state index contributed by atoms with van der Waals surface area (Å²) in [5.74, 6) is 0.412. The van der Waals surface area contributed by atoms with Gasteiger partial charge >= 0.3 is 0 Å². The minimum Gasteiger partial charge on any atom is -0.376 e. The molecule has 0 spiro atoms. The molecule has 4 rings (SSSR count). The van der Waals surface area contributed by atoms with Crippen molar-refractivity contribution in [2.75, 3.05) is 25.0 Å². The molecule has 0 bridgehead atoms. The molecule has 150 valence electrons. The number of nitrogens with zero attached hydrogens (tertiary/aromatic N) is 2. The number of ether oxygens (including phenoxy) is 1. The van der Waals surface area contributed by atoms with Crippen LogP contribution in [-0.4, -0.2) is 47.7 Å². The van der Waals surface area contributed by atoms with Crippen molar-refractivity contribution in [2.45, 2.75) is 25.9 Å². The highest BCUT2D eigenvalue weighted by atomic mass is 16.5. The highest BCUT2D eigenvalue weighted by Gasteiger charge is 2.25. The molecular formula is C22H23N3O4. The van der Waals surface area contributed by atoms with Crippen molar-refractivity contribution in [1.82, 2.24) is 10.1 Å². The number of aryl methyl sites for hydroxylation is 1. The maximum Gasteiger partial charge on any atom is 0.254 e. The Labute approximate surface area is 168 Å². The summed E-state index contributed by atoms with van der Waals surface area (Å²) >= 11 is 0. The summed E-state index contributed by atoms with van der Waals surface area (Å²) in [6.07, 6.45) is 1.79. The molecule has 1 aromatic heterocycles. The normalized spacial score (nSPS) is 16.1. The number of carbonyl (C=O) groups is 2. The molecule has 1 aliphatic rings. The van der Waals surface area contributed by atoms with Crippen LogP contribution in [0.1, 0.15) is 29.0 Å². The van der Waals surface area contributed by atoms with E-state index in [1.807, 2.05) is 36.4 Å². The third-order valence-electron chi connectivity index (χ3n) is 4.96. The van der Waals surface area contributed by atoms with E-state index in [1.54, 1.807) is 24.0 Å². The number of anilines is 1. The molecule has 0 radical (unpaired) electrons. The molecule has 2 heterocycles. The molecule has 0 saturated carbocycles. The Bertz CT molecular complexity index is 1020. The van der Waals surface area contributed by atoms with Gasteiger partial charge in [-0.15, -0.1) is 0 Å². The summed E-state index contributed by atoms with van der Waals surface area (Å²) in [7, 11) is 0. The first-order chi connectivity index (χ1) is 14.1. The molecule has 3 aromatic rings. The molecular weight excluding hydrogens is 370 g/mol. The summed E-state index contributed by atoms with van der Waals surface area (Å²) in [4.78, 5) is 27.3. The highest BCUT2D eigenvalue weighted by molar-refractivity contribution is 6.01. The van der Waals surface area contributed by atoms with Gasteiger partial charge in [-0.2, -0.15) is 0 Å². The minimum absolute atomic E-state index is 0.0542. The van der Waals surface area contributed by atoms with Crippen LogP contribution in [0.4, 0.5) is 5.82 Å². The first-order valence-corrected chi connectivity index (χ1v) is 9.71. The van der Waals surface area contributed by atoms with Crippen molar-refractivity contribution in [3.05, 3.63) is 59.9 Å². The summed E-state index contributed by atoms with van der Waals surface area (Å²) in [5.41, 5.74) is 0.548. The second kappa shape index (κ2) is 8.45. The van der Waals surface area contributed by atoms with Crippen LogP contribution in [0.2, 0.25) is 0 Å². The molecule has 2 aromatic carbocycles. The van der Waals surface area contributed by atoms with Gasteiger partial charge in [0.05, 0.1) is 6.10 Å². The summed E-state index contributed by atoms with van der Waals surface area (Å²) < 4.78 is 10.7. The van der Waals surface area contributed by atoms with Crippen molar-refractivity contribution < 1.29 is 18.8 Å². The van der Waals surface area contributed by atoms with E-state index in [9.17, 15) is 9.59 Å². The Balaban J connectivity index is 1.52. The van der Waals surface area contributed by atoms with Crippen molar-refractivity contribution in [3.8, 4) is 0 Å². The number of nitrogens with one attached hydrogen (secondary N) is 1. The maximum absolute atomic E-state index is 13.2. The Morgan fingerprint density at radius 3 is 2.72 bits per heavy atom. The Hall–Kier alpha value is -3.19. The van der Waals surface area contributed by atoms with Gasteiger partial charge in [0.2, 0.25) is 5.91 Å². The minimum atomic E-state index is -0.328. The van der Waals surface area contributed by atoms with E-state index in [4.69, 9.17) is 9.26 Å². The van der Waals surface area contributed by atoms with E-state index < -0.39 is 0 Å². The molecule has 0 aliphatic carbocycles. The highest BCUT2D eigenvalue weighted by Crippen LogP contribution is 2.19. The zero-order chi connectivity index (χ0) is 20.2. The standard InChI is InChI=1S/C22H23N3O4/c1-15-11-20(24-29-15)23-21(26)14-25(13-19-7-4-10-28-19)22(27)18-9-8-16-5-2-3-6-17(16)12-18/h2-3,5-6,8-9,11-12,19H,4,7,10,13-14H2,1H3,(H,23,24,26). The van der Waals surface area contributed by atoms with Gasteiger partial charge in [0.1, 0.15) is 12.3 Å². The molecule has 1 N–H and O–H groups in total. The van der Waals surface area contributed by atoms with Gasteiger partial charge in [0.15, 0.2) is 5.82 Å². The van der Waals surface area contributed by atoms with E-state index in [-0.39, 0.29) is 24.5 Å². The number of hydrogen-bond acceptors (Lipinski definition) is 5. The maximum atomic E-state index is 13.2. The van der Waals surface area contributed by atoms with Crippen LogP contribution in [0, 0.1) is 6.92 Å². The lowest BCUT2D eigenvalue weighted by molar-refractivity contribution is -0.117. The molecule has 29 heavy (non-hydrogen) atoms. The number of aromatic nitrogens is 1. The van der Waals surface area contributed by atoms with Crippen LogP contribution in [-0.2, 0) is 9.53 Å². The van der Waals surface area contributed by atoms with Crippen LogP contribution in [0.3, 0.4) is 0 Å². The third kappa shape index (κ3) is 4.63. The van der Waals surface area contributed by atoms with Gasteiger partial charge in [-0.25, -0.2) is 0 Å². The van der Waals surface area contributed by atoms with Crippen LogP contribution >= 0.6 is 0 Å². The lowest BCUT2D eigenvalue weighted by Gasteiger charge is -2.25. The smallest absolute Gasteiger partial charge is 0.254 e. The van der Waals surface area contributed by atoms with Gasteiger partial charge in [0, 0.05) is 24.8 Å². The molecule has 1 aliphatic heterocycles. The summed E-state index contributed by atoms with van der Waals surface area (Å²) in [5, 5.41) is 8.49. The van der Waals surface area contributed by atoms with Crippen LogP contribution in [0.25, 0.3) is 10.8 Å². The van der Waals surface area contributed by atoms with E-state index >= 15 is 0 Å².